The number of nitrogens with two attached hydrogens (primary N) is 1. The number of benzene rings is 1. The van der Waals surface area contributed by atoms with E-state index < -0.39 is 28.8 Å². The van der Waals surface area contributed by atoms with Crippen LogP contribution in [0, 0.1) is 11.3 Å². The van der Waals surface area contributed by atoms with Gasteiger partial charge in [0.1, 0.15) is 0 Å². The van der Waals surface area contributed by atoms with E-state index in [4.69, 9.17) is 16.1 Å². The molecule has 0 atom stereocenters. The molecule has 0 saturated carbocycles. The molecule has 0 unspecified atom stereocenters. The first-order valence-electron chi connectivity index (χ1n) is 4.38. The van der Waals surface area contributed by atoms with Crippen LogP contribution in [0.5, 0.6) is 0 Å². The Kier molecular flexibility index (Phi) is 3.39. The summed E-state index contributed by atoms with van der Waals surface area (Å²) in [6.45, 7) is -0.256. The number of aromatic carboxylic acids is 1. The van der Waals surface area contributed by atoms with Gasteiger partial charge in [-0.25, -0.2) is 4.79 Å². The van der Waals surface area contributed by atoms with Crippen LogP contribution >= 0.6 is 0 Å². The van der Waals surface area contributed by atoms with E-state index in [1.807, 2.05) is 0 Å². The summed E-state index contributed by atoms with van der Waals surface area (Å²) in [6.07, 6.45) is -4.78. The molecule has 0 fully saturated rings. The molecule has 0 aromatic heterocycles. The van der Waals surface area contributed by atoms with Gasteiger partial charge >= 0.3 is 12.1 Å². The molecule has 17 heavy (non-hydrogen) atoms. The molecule has 90 valence electrons. The highest BCUT2D eigenvalue weighted by atomic mass is 19.4. The van der Waals surface area contributed by atoms with Gasteiger partial charge in [0, 0.05) is 6.54 Å². The van der Waals surface area contributed by atoms with Gasteiger partial charge in [-0.3, -0.25) is 0 Å². The molecule has 0 saturated heterocycles. The van der Waals surface area contributed by atoms with Gasteiger partial charge < -0.3 is 10.8 Å². The Morgan fingerprint density at radius 3 is 2.41 bits per heavy atom. The van der Waals surface area contributed by atoms with Crippen LogP contribution in [0.2, 0.25) is 0 Å². The Labute approximate surface area is 94.1 Å². The van der Waals surface area contributed by atoms with Gasteiger partial charge in [0.15, 0.2) is 0 Å². The van der Waals surface area contributed by atoms with Crippen LogP contribution in [-0.4, -0.2) is 11.1 Å². The lowest BCUT2D eigenvalue weighted by atomic mass is 9.98. The number of carboxylic acid groups (broad SMARTS) is 1. The lowest BCUT2D eigenvalue weighted by molar-refractivity contribution is -0.137. The lowest BCUT2D eigenvalue weighted by Gasteiger charge is -2.12. The number of halogens is 3. The maximum Gasteiger partial charge on any atom is 0.417 e. The van der Waals surface area contributed by atoms with Gasteiger partial charge in [-0.2, -0.15) is 18.4 Å². The Morgan fingerprint density at radius 1 is 1.47 bits per heavy atom. The van der Waals surface area contributed by atoms with Crippen molar-refractivity contribution in [2.45, 2.75) is 12.7 Å². The molecule has 0 aliphatic heterocycles. The summed E-state index contributed by atoms with van der Waals surface area (Å²) in [5, 5.41) is 17.3. The topological polar surface area (TPSA) is 87.1 Å². The molecule has 0 radical (unpaired) electrons. The number of carbonyl (C=O) groups is 1. The maximum atomic E-state index is 12.5. The van der Waals surface area contributed by atoms with Crippen molar-refractivity contribution in [2.24, 2.45) is 5.73 Å². The maximum absolute atomic E-state index is 12.5. The smallest absolute Gasteiger partial charge is 0.417 e. The van der Waals surface area contributed by atoms with E-state index >= 15 is 0 Å². The molecule has 0 aliphatic carbocycles. The largest absolute Gasteiger partial charge is 0.478 e. The van der Waals surface area contributed by atoms with Crippen LogP contribution in [0.3, 0.4) is 0 Å². The zero-order chi connectivity index (χ0) is 13.2. The van der Waals surface area contributed by atoms with Crippen molar-refractivity contribution in [3.05, 3.63) is 34.4 Å². The van der Waals surface area contributed by atoms with Crippen LogP contribution < -0.4 is 5.73 Å². The fourth-order valence-electron chi connectivity index (χ4n) is 1.34. The van der Waals surface area contributed by atoms with Gasteiger partial charge in [0.25, 0.3) is 0 Å². The molecule has 4 nitrogen and oxygen atoms in total. The predicted molar refractivity (Wildman–Crippen MR) is 51.0 cm³/mol. The van der Waals surface area contributed by atoms with E-state index in [0.717, 1.165) is 6.07 Å². The van der Waals surface area contributed by atoms with E-state index in [9.17, 15) is 18.0 Å². The van der Waals surface area contributed by atoms with Crippen LogP contribution in [0.15, 0.2) is 12.1 Å². The second-order valence-corrected chi connectivity index (χ2v) is 3.17. The lowest BCUT2D eigenvalue weighted by Crippen LogP contribution is -2.14. The van der Waals surface area contributed by atoms with E-state index in [-0.39, 0.29) is 12.1 Å². The van der Waals surface area contributed by atoms with Crippen molar-refractivity contribution in [1.82, 2.24) is 0 Å². The standard InChI is InChI=1S/C10H7F3N2O2/c11-10(12,13)8-2-7(9(16)17)5(3-14)1-6(8)4-15/h1-2H,3,14H2,(H,16,17). The third-order valence-electron chi connectivity index (χ3n) is 2.12. The molecular weight excluding hydrogens is 237 g/mol. The molecular formula is C10H7F3N2O2. The normalized spacial score (nSPS) is 11.0. The van der Waals surface area contributed by atoms with E-state index in [1.54, 1.807) is 0 Å². The summed E-state index contributed by atoms with van der Waals surface area (Å²) in [6, 6.07) is 2.66. The van der Waals surface area contributed by atoms with E-state index in [2.05, 4.69) is 0 Å². The Bertz CT molecular complexity index is 503. The molecule has 7 heteroatoms. The Hall–Kier alpha value is -2.07. The van der Waals surface area contributed by atoms with Crippen molar-refractivity contribution >= 4 is 5.97 Å². The number of nitriles is 1. The van der Waals surface area contributed by atoms with Gasteiger partial charge in [0.05, 0.1) is 22.8 Å². The average Bonchev–Trinajstić information content (AvgIpc) is 2.25. The van der Waals surface area contributed by atoms with Crippen molar-refractivity contribution in [1.29, 1.82) is 5.26 Å². The van der Waals surface area contributed by atoms with Crippen molar-refractivity contribution in [2.75, 3.05) is 0 Å². The zero-order valence-corrected chi connectivity index (χ0v) is 8.38. The summed E-state index contributed by atoms with van der Waals surface area (Å²) in [7, 11) is 0. The molecule has 0 heterocycles. The first kappa shape index (κ1) is 13.0. The van der Waals surface area contributed by atoms with Gasteiger partial charge in [-0.05, 0) is 17.7 Å². The SMILES string of the molecule is N#Cc1cc(CN)c(C(=O)O)cc1C(F)(F)F. The number of nitrogens with zero attached hydrogens (tertiary/aromatic N) is 1. The predicted octanol–water partition coefficient (Wildman–Crippen LogP) is 1.73. The summed E-state index contributed by atoms with van der Waals surface area (Å²) in [5.74, 6) is -1.51. The van der Waals surface area contributed by atoms with E-state index in [0.29, 0.717) is 6.07 Å². The van der Waals surface area contributed by atoms with Gasteiger partial charge in [-0.15, -0.1) is 0 Å². The quantitative estimate of drug-likeness (QED) is 0.829. The second kappa shape index (κ2) is 4.43. The molecule has 1 aromatic rings. The monoisotopic (exact) mass is 244 g/mol. The first-order valence-corrected chi connectivity index (χ1v) is 4.38. The zero-order valence-electron chi connectivity index (χ0n) is 8.38. The molecule has 1 aromatic carbocycles. The minimum Gasteiger partial charge on any atom is -0.478 e. The molecule has 0 amide bonds. The number of rotatable bonds is 2. The summed E-state index contributed by atoms with van der Waals surface area (Å²) < 4.78 is 37.6. The highest BCUT2D eigenvalue weighted by Gasteiger charge is 2.35. The van der Waals surface area contributed by atoms with Crippen LogP contribution in [0.4, 0.5) is 13.2 Å². The highest BCUT2D eigenvalue weighted by Crippen LogP contribution is 2.33. The Morgan fingerprint density at radius 2 is 2.06 bits per heavy atom. The van der Waals surface area contributed by atoms with Gasteiger partial charge in [-0.1, -0.05) is 0 Å². The molecule has 3 N–H and O–H groups in total. The second-order valence-electron chi connectivity index (χ2n) is 3.17. The summed E-state index contributed by atoms with van der Waals surface area (Å²) >= 11 is 0. The van der Waals surface area contributed by atoms with Crippen molar-refractivity contribution < 1.29 is 23.1 Å². The molecule has 0 spiro atoms. The fourth-order valence-corrected chi connectivity index (χ4v) is 1.34. The first-order chi connectivity index (χ1) is 7.81. The minimum atomic E-state index is -4.78. The Balaban J connectivity index is 3.58. The summed E-state index contributed by atoms with van der Waals surface area (Å²) in [4.78, 5) is 10.8. The van der Waals surface area contributed by atoms with Crippen LogP contribution in [0.25, 0.3) is 0 Å². The third kappa shape index (κ3) is 2.54. The highest BCUT2D eigenvalue weighted by molar-refractivity contribution is 5.90. The van der Waals surface area contributed by atoms with E-state index in [1.165, 1.54) is 6.07 Å². The number of carboxylic acids is 1. The minimum absolute atomic E-state index is 0.0120. The van der Waals surface area contributed by atoms with Crippen LogP contribution in [0.1, 0.15) is 27.0 Å². The average molecular weight is 244 g/mol. The van der Waals surface area contributed by atoms with Gasteiger partial charge in [0.2, 0.25) is 0 Å². The molecule has 0 aliphatic rings. The molecule has 1 rings (SSSR count). The fraction of sp³-hybridized carbons (Fsp3) is 0.200. The van der Waals surface area contributed by atoms with Crippen LogP contribution in [-0.2, 0) is 12.7 Å². The summed E-state index contributed by atoms with van der Waals surface area (Å²) in [5.41, 5.74) is 2.76. The number of hydrogen-bond donors (Lipinski definition) is 2. The van der Waals surface area contributed by atoms with Crippen molar-refractivity contribution in [3.8, 4) is 6.07 Å². The van der Waals surface area contributed by atoms with Crippen molar-refractivity contribution in [3.63, 3.8) is 0 Å². The number of hydrogen-bond acceptors (Lipinski definition) is 3. The number of alkyl halides is 3. The third-order valence-corrected chi connectivity index (χ3v) is 2.12. The molecule has 0 bridgehead atoms.